The van der Waals surface area contributed by atoms with Crippen molar-refractivity contribution in [3.63, 3.8) is 0 Å². The average Bonchev–Trinajstić information content (AvgIpc) is 2.37. The second-order valence-corrected chi connectivity index (χ2v) is 4.43. The summed E-state index contributed by atoms with van der Waals surface area (Å²) in [6.45, 7) is 0.547. The zero-order valence-corrected chi connectivity index (χ0v) is 10.8. The normalized spacial score (nSPS) is 10.1. The third-order valence-electron chi connectivity index (χ3n) is 2.69. The van der Waals surface area contributed by atoms with Gasteiger partial charge in [-0.1, -0.05) is 18.2 Å². The highest BCUT2D eigenvalue weighted by atomic mass is 16.5. The molecule has 0 aliphatic rings. The molecule has 3 heteroatoms. The van der Waals surface area contributed by atoms with Crippen LogP contribution in [0.5, 0.6) is 5.75 Å². The maximum Gasteiger partial charge on any atom is 0.121 e. The van der Waals surface area contributed by atoms with Crippen LogP contribution in [-0.4, -0.2) is 14.1 Å². The van der Waals surface area contributed by atoms with E-state index in [2.05, 4.69) is 23.1 Å². The summed E-state index contributed by atoms with van der Waals surface area (Å²) in [5.74, 6) is 0.797. The molecule has 0 spiro atoms. The van der Waals surface area contributed by atoms with Gasteiger partial charge in [0, 0.05) is 31.5 Å². The summed E-state index contributed by atoms with van der Waals surface area (Å²) in [6.07, 6.45) is 0. The SMILES string of the molecule is CN(C)c1cccc(COc2cccc(N)c2)c1. The topological polar surface area (TPSA) is 38.5 Å². The minimum Gasteiger partial charge on any atom is -0.489 e. The number of benzene rings is 2. The van der Waals surface area contributed by atoms with Gasteiger partial charge in [0.25, 0.3) is 0 Å². The molecule has 0 aromatic heterocycles. The van der Waals surface area contributed by atoms with Crippen LogP contribution in [0.2, 0.25) is 0 Å². The second kappa shape index (κ2) is 5.45. The van der Waals surface area contributed by atoms with Crippen LogP contribution in [0.15, 0.2) is 48.5 Å². The van der Waals surface area contributed by atoms with Crippen LogP contribution in [-0.2, 0) is 6.61 Å². The van der Waals surface area contributed by atoms with Crippen LogP contribution in [0.1, 0.15) is 5.56 Å². The van der Waals surface area contributed by atoms with Crippen molar-refractivity contribution in [3.8, 4) is 5.75 Å². The molecule has 94 valence electrons. The van der Waals surface area contributed by atoms with Gasteiger partial charge in [-0.15, -0.1) is 0 Å². The molecular formula is C15H18N2O. The number of nitrogens with two attached hydrogens (primary N) is 1. The molecule has 0 unspecified atom stereocenters. The van der Waals surface area contributed by atoms with Gasteiger partial charge in [-0.3, -0.25) is 0 Å². The van der Waals surface area contributed by atoms with Crippen molar-refractivity contribution in [1.82, 2.24) is 0 Å². The molecule has 2 N–H and O–H groups in total. The van der Waals surface area contributed by atoms with Gasteiger partial charge in [0.1, 0.15) is 12.4 Å². The Morgan fingerprint density at radius 2 is 1.83 bits per heavy atom. The number of nitrogen functional groups attached to an aromatic ring is 1. The standard InChI is InChI=1S/C15H18N2O/c1-17(2)14-7-3-5-12(9-14)11-18-15-8-4-6-13(16)10-15/h3-10H,11,16H2,1-2H3. The van der Waals surface area contributed by atoms with Crippen molar-refractivity contribution >= 4 is 11.4 Å². The van der Waals surface area contributed by atoms with Gasteiger partial charge in [-0.25, -0.2) is 0 Å². The molecular weight excluding hydrogens is 224 g/mol. The highest BCUT2D eigenvalue weighted by Gasteiger charge is 1.99. The van der Waals surface area contributed by atoms with E-state index in [4.69, 9.17) is 10.5 Å². The summed E-state index contributed by atoms with van der Waals surface area (Å²) >= 11 is 0. The third kappa shape index (κ3) is 3.17. The van der Waals surface area contributed by atoms with E-state index in [1.54, 1.807) is 0 Å². The Labute approximate surface area is 108 Å². The molecule has 2 aromatic rings. The van der Waals surface area contributed by atoms with Crippen molar-refractivity contribution < 1.29 is 4.74 Å². The number of nitrogens with zero attached hydrogens (tertiary/aromatic N) is 1. The zero-order chi connectivity index (χ0) is 13.0. The number of rotatable bonds is 4. The molecule has 2 aromatic carbocycles. The maximum absolute atomic E-state index is 5.71. The Morgan fingerprint density at radius 3 is 2.56 bits per heavy atom. The summed E-state index contributed by atoms with van der Waals surface area (Å²) in [5.41, 5.74) is 8.73. The Balaban J connectivity index is 2.04. The fourth-order valence-electron chi connectivity index (χ4n) is 1.70. The van der Waals surface area contributed by atoms with E-state index in [1.807, 2.05) is 44.4 Å². The number of hydrogen-bond donors (Lipinski definition) is 1. The zero-order valence-electron chi connectivity index (χ0n) is 10.8. The van der Waals surface area contributed by atoms with Gasteiger partial charge in [-0.05, 0) is 29.8 Å². The van der Waals surface area contributed by atoms with E-state index in [-0.39, 0.29) is 0 Å². The lowest BCUT2D eigenvalue weighted by atomic mass is 10.2. The molecule has 2 rings (SSSR count). The van der Waals surface area contributed by atoms with E-state index in [0.717, 1.165) is 17.0 Å². The molecule has 0 radical (unpaired) electrons. The molecule has 0 atom stereocenters. The Hall–Kier alpha value is -2.16. The van der Waals surface area contributed by atoms with Gasteiger partial charge in [-0.2, -0.15) is 0 Å². The summed E-state index contributed by atoms with van der Waals surface area (Å²) in [7, 11) is 4.05. The predicted octanol–water partition coefficient (Wildman–Crippen LogP) is 2.91. The maximum atomic E-state index is 5.71. The van der Waals surface area contributed by atoms with Crippen molar-refractivity contribution in [3.05, 3.63) is 54.1 Å². The van der Waals surface area contributed by atoms with Gasteiger partial charge in [0.05, 0.1) is 0 Å². The lowest BCUT2D eigenvalue weighted by Crippen LogP contribution is -2.09. The van der Waals surface area contributed by atoms with Gasteiger partial charge < -0.3 is 15.4 Å². The van der Waals surface area contributed by atoms with E-state index in [9.17, 15) is 0 Å². The van der Waals surface area contributed by atoms with Gasteiger partial charge in [0.15, 0.2) is 0 Å². The summed E-state index contributed by atoms with van der Waals surface area (Å²) in [4.78, 5) is 2.07. The quantitative estimate of drug-likeness (QED) is 0.838. The van der Waals surface area contributed by atoms with E-state index in [0.29, 0.717) is 6.61 Å². The fraction of sp³-hybridized carbons (Fsp3) is 0.200. The van der Waals surface area contributed by atoms with E-state index < -0.39 is 0 Å². The Kier molecular flexibility index (Phi) is 3.72. The lowest BCUT2D eigenvalue weighted by Gasteiger charge is -2.14. The molecule has 0 aliphatic carbocycles. The van der Waals surface area contributed by atoms with E-state index in [1.165, 1.54) is 5.69 Å². The van der Waals surface area contributed by atoms with Gasteiger partial charge >= 0.3 is 0 Å². The van der Waals surface area contributed by atoms with Crippen LogP contribution in [0.3, 0.4) is 0 Å². The smallest absolute Gasteiger partial charge is 0.121 e. The molecule has 0 aliphatic heterocycles. The minimum absolute atomic E-state index is 0.547. The molecule has 0 saturated carbocycles. The average molecular weight is 242 g/mol. The van der Waals surface area contributed by atoms with Crippen LogP contribution in [0.25, 0.3) is 0 Å². The molecule has 0 fully saturated rings. The third-order valence-corrected chi connectivity index (χ3v) is 2.69. The molecule has 0 heterocycles. The predicted molar refractivity (Wildman–Crippen MR) is 76.0 cm³/mol. The van der Waals surface area contributed by atoms with Crippen LogP contribution < -0.4 is 15.4 Å². The number of ether oxygens (including phenoxy) is 1. The first kappa shape index (κ1) is 12.3. The van der Waals surface area contributed by atoms with Crippen molar-refractivity contribution in [2.24, 2.45) is 0 Å². The van der Waals surface area contributed by atoms with Crippen molar-refractivity contribution in [2.45, 2.75) is 6.61 Å². The molecule has 0 bridgehead atoms. The van der Waals surface area contributed by atoms with Crippen LogP contribution in [0, 0.1) is 0 Å². The Morgan fingerprint density at radius 1 is 1.06 bits per heavy atom. The van der Waals surface area contributed by atoms with Crippen molar-refractivity contribution in [1.29, 1.82) is 0 Å². The highest BCUT2D eigenvalue weighted by molar-refractivity contribution is 5.47. The van der Waals surface area contributed by atoms with E-state index >= 15 is 0 Å². The molecule has 0 amide bonds. The molecule has 18 heavy (non-hydrogen) atoms. The van der Waals surface area contributed by atoms with Crippen molar-refractivity contribution in [2.75, 3.05) is 24.7 Å². The van der Waals surface area contributed by atoms with Gasteiger partial charge in [0.2, 0.25) is 0 Å². The lowest BCUT2D eigenvalue weighted by molar-refractivity contribution is 0.306. The van der Waals surface area contributed by atoms with Crippen LogP contribution >= 0.6 is 0 Å². The fourth-order valence-corrected chi connectivity index (χ4v) is 1.70. The molecule has 0 saturated heterocycles. The number of hydrogen-bond acceptors (Lipinski definition) is 3. The highest BCUT2D eigenvalue weighted by Crippen LogP contribution is 2.18. The molecule has 3 nitrogen and oxygen atoms in total. The first-order valence-electron chi connectivity index (χ1n) is 5.90. The summed E-state index contributed by atoms with van der Waals surface area (Å²) in [6, 6.07) is 15.8. The largest absolute Gasteiger partial charge is 0.489 e. The van der Waals surface area contributed by atoms with Crippen LogP contribution in [0.4, 0.5) is 11.4 Å². The number of anilines is 2. The monoisotopic (exact) mass is 242 g/mol. The minimum atomic E-state index is 0.547. The first-order chi connectivity index (χ1) is 8.65. The first-order valence-corrected chi connectivity index (χ1v) is 5.90. The Bertz CT molecular complexity index is 523. The second-order valence-electron chi connectivity index (χ2n) is 4.43. The summed E-state index contributed by atoms with van der Waals surface area (Å²) in [5, 5.41) is 0. The summed E-state index contributed by atoms with van der Waals surface area (Å²) < 4.78 is 5.71.